The molecule has 0 bridgehead atoms. The monoisotopic (exact) mass is 244 g/mol. The second-order valence-electron chi connectivity index (χ2n) is 3.79. The first-order valence-electron chi connectivity index (χ1n) is 5.37. The second kappa shape index (κ2) is 10.3. The number of hydrogen-bond acceptors (Lipinski definition) is 0. The summed E-state index contributed by atoms with van der Waals surface area (Å²) in [6, 6.07) is 0. The van der Waals surface area contributed by atoms with Crippen LogP contribution in [0.4, 0.5) is 0 Å². The molecule has 0 radical (unpaired) electrons. The summed E-state index contributed by atoms with van der Waals surface area (Å²) in [5, 5.41) is 0. The van der Waals surface area contributed by atoms with E-state index in [2.05, 4.69) is 26.7 Å². The lowest BCUT2D eigenvalue weighted by Crippen LogP contribution is -1.95. The Hall–Kier alpha value is 1.25. The number of halogens is 1. The minimum atomic E-state index is 0.135. The molecule has 0 nitrogen and oxygen atoms in total. The van der Waals surface area contributed by atoms with Crippen LogP contribution in [-0.4, -0.2) is 18.2 Å². The minimum Gasteiger partial charge on any atom is -0.307 e. The maximum absolute atomic E-state index is 3.62. The molecule has 0 aliphatic heterocycles. The van der Waals surface area contributed by atoms with E-state index in [-0.39, 0.29) is 18.2 Å². The van der Waals surface area contributed by atoms with Gasteiger partial charge in [0.25, 0.3) is 0 Å². The van der Waals surface area contributed by atoms with Crippen LogP contribution in [-0.2, 0) is 0 Å². The molecule has 0 aliphatic carbocycles. The summed E-state index contributed by atoms with van der Waals surface area (Å²) in [5.41, 5.74) is 0. The maximum Gasteiger partial charge on any atom is 0.468 e. The Kier molecular flexibility index (Phi) is 11.4. The van der Waals surface area contributed by atoms with Gasteiger partial charge in [0.1, 0.15) is 0 Å². The Morgan fingerprint density at radius 2 is 1.83 bits per heavy atom. The van der Waals surface area contributed by atoms with E-state index >= 15 is 0 Å². The zero-order valence-electron chi connectivity index (χ0n) is 8.61. The van der Waals surface area contributed by atoms with Gasteiger partial charge in [-0.3, -0.25) is 0 Å². The first-order valence-corrected chi connectivity index (χ1v) is 10.3. The van der Waals surface area contributed by atoms with Crippen molar-refractivity contribution in [2.45, 2.75) is 56.9 Å². The molecule has 0 aromatic carbocycles. The molecule has 0 saturated heterocycles. The molecule has 0 rings (SSSR count). The van der Waals surface area contributed by atoms with Crippen LogP contribution in [0.15, 0.2) is 0 Å². The topological polar surface area (TPSA) is 0 Å². The molecule has 0 fully saturated rings. The fourth-order valence-corrected chi connectivity index (χ4v) is 4.43. The van der Waals surface area contributed by atoms with Crippen molar-refractivity contribution in [3.63, 3.8) is 0 Å². The first kappa shape index (κ1) is 13.2. The van der Waals surface area contributed by atoms with Crippen molar-refractivity contribution in [3.05, 3.63) is 0 Å². The van der Waals surface area contributed by atoms with Gasteiger partial charge in [-0.2, -0.15) is 0 Å². The molecular formula is C10H21BrMg. The van der Waals surface area contributed by atoms with Gasteiger partial charge in [0, 0.05) is 0 Å². The predicted octanol–water partition coefficient (Wildman–Crippen LogP) is 4.42. The van der Waals surface area contributed by atoms with Crippen molar-refractivity contribution in [2.24, 2.45) is 5.92 Å². The van der Waals surface area contributed by atoms with Crippen LogP contribution in [0.25, 0.3) is 0 Å². The smallest absolute Gasteiger partial charge is 0.307 e. The molecule has 1 atom stereocenters. The summed E-state index contributed by atoms with van der Waals surface area (Å²) in [5.74, 6) is 0.984. The highest BCUT2D eigenvalue weighted by atomic mass is 79.9. The van der Waals surface area contributed by atoms with Crippen LogP contribution >= 0.6 is 12.9 Å². The molecule has 0 N–H and O–H groups in total. The minimum absolute atomic E-state index is 0.135. The third-order valence-electron chi connectivity index (χ3n) is 2.40. The molecule has 1 unspecified atom stereocenters. The molecular weight excluding hydrogens is 224 g/mol. The molecule has 70 valence electrons. The maximum atomic E-state index is 3.62. The SMILES string of the molecule is CCCCCCCC(C)[CH2][Mg][Br]. The largest absolute Gasteiger partial charge is 0.468 e. The zero-order valence-corrected chi connectivity index (χ0v) is 11.6. The van der Waals surface area contributed by atoms with E-state index in [1.807, 2.05) is 0 Å². The third-order valence-corrected chi connectivity index (χ3v) is 4.98. The Balaban J connectivity index is 2.97. The molecule has 12 heavy (non-hydrogen) atoms. The molecule has 0 aliphatic rings. The molecule has 0 aromatic rings. The van der Waals surface area contributed by atoms with Crippen molar-refractivity contribution >= 4 is 31.1 Å². The average Bonchev–Trinajstić information content (AvgIpc) is 2.05. The van der Waals surface area contributed by atoms with Gasteiger partial charge in [0.05, 0.1) is 0 Å². The summed E-state index contributed by atoms with van der Waals surface area (Å²) in [7, 11) is 0. The summed E-state index contributed by atoms with van der Waals surface area (Å²) in [6.45, 7) is 4.67. The second-order valence-corrected chi connectivity index (χ2v) is 7.12. The van der Waals surface area contributed by atoms with Crippen LogP contribution in [0.3, 0.4) is 0 Å². The Morgan fingerprint density at radius 3 is 2.42 bits per heavy atom. The number of hydrogen-bond donors (Lipinski definition) is 0. The lowest BCUT2D eigenvalue weighted by Gasteiger charge is -2.08. The van der Waals surface area contributed by atoms with Crippen molar-refractivity contribution in [1.82, 2.24) is 0 Å². The summed E-state index contributed by atoms with van der Waals surface area (Å²) in [4.78, 5) is 0. The Labute approximate surface area is 93.5 Å². The van der Waals surface area contributed by atoms with Gasteiger partial charge < -0.3 is 12.9 Å². The molecule has 0 saturated carbocycles. The highest BCUT2D eigenvalue weighted by molar-refractivity contribution is 9.23. The normalized spacial score (nSPS) is 12.6. The van der Waals surface area contributed by atoms with Crippen molar-refractivity contribution < 1.29 is 0 Å². The van der Waals surface area contributed by atoms with E-state index in [9.17, 15) is 0 Å². The number of unbranched alkanes of at least 4 members (excludes halogenated alkanes) is 4. The summed E-state index contributed by atoms with van der Waals surface area (Å²) in [6.07, 6.45) is 8.63. The lowest BCUT2D eigenvalue weighted by molar-refractivity contribution is 0.518. The molecule has 2 heteroatoms. The van der Waals surface area contributed by atoms with E-state index in [4.69, 9.17) is 0 Å². The summed E-state index contributed by atoms with van der Waals surface area (Å²) >= 11 is 3.76. The van der Waals surface area contributed by atoms with Crippen molar-refractivity contribution in [3.8, 4) is 0 Å². The van der Waals surface area contributed by atoms with Crippen LogP contribution in [0.1, 0.15) is 52.4 Å². The van der Waals surface area contributed by atoms with E-state index in [0.717, 1.165) is 5.92 Å². The van der Waals surface area contributed by atoms with E-state index in [0.29, 0.717) is 0 Å². The van der Waals surface area contributed by atoms with Gasteiger partial charge in [-0.25, -0.2) is 0 Å². The quantitative estimate of drug-likeness (QED) is 0.439. The van der Waals surface area contributed by atoms with E-state index in [1.165, 1.54) is 43.1 Å². The highest BCUT2D eigenvalue weighted by Crippen LogP contribution is 2.14. The lowest BCUT2D eigenvalue weighted by atomic mass is 10.0. The van der Waals surface area contributed by atoms with Crippen LogP contribution in [0.5, 0.6) is 0 Å². The predicted molar refractivity (Wildman–Crippen MR) is 62.0 cm³/mol. The van der Waals surface area contributed by atoms with Gasteiger partial charge in [0.2, 0.25) is 0 Å². The van der Waals surface area contributed by atoms with Gasteiger partial charge >= 0.3 is 18.2 Å². The van der Waals surface area contributed by atoms with Gasteiger partial charge in [-0.1, -0.05) is 58.3 Å². The van der Waals surface area contributed by atoms with Gasteiger partial charge in [-0.05, 0) is 0 Å². The zero-order chi connectivity index (χ0) is 9.23. The highest BCUT2D eigenvalue weighted by Gasteiger charge is 2.01. The van der Waals surface area contributed by atoms with Crippen LogP contribution in [0, 0.1) is 5.92 Å². The van der Waals surface area contributed by atoms with Crippen molar-refractivity contribution in [1.29, 1.82) is 0 Å². The average molecular weight is 245 g/mol. The fourth-order valence-electron chi connectivity index (χ4n) is 1.43. The van der Waals surface area contributed by atoms with Gasteiger partial charge in [0.15, 0.2) is 0 Å². The Bertz CT molecular complexity index is 85.9. The van der Waals surface area contributed by atoms with Gasteiger partial charge in [-0.15, -0.1) is 4.55 Å². The molecule has 0 amide bonds. The number of rotatable bonds is 8. The van der Waals surface area contributed by atoms with E-state index in [1.54, 1.807) is 0 Å². The van der Waals surface area contributed by atoms with Crippen molar-refractivity contribution in [2.75, 3.05) is 0 Å². The van der Waals surface area contributed by atoms with Crippen LogP contribution < -0.4 is 0 Å². The summed E-state index contributed by atoms with van der Waals surface area (Å²) < 4.78 is 1.48. The third kappa shape index (κ3) is 9.34. The fraction of sp³-hybridized carbons (Fsp3) is 1.00. The Morgan fingerprint density at radius 1 is 1.17 bits per heavy atom. The van der Waals surface area contributed by atoms with E-state index < -0.39 is 0 Å². The standard InChI is InChI=1S/C10H21.BrH.Mg/c1-4-5-6-7-8-9-10(2)3;;/h10H,2,4-9H2,1,3H3;1H;/q;;+1/p-1. The van der Waals surface area contributed by atoms with Crippen LogP contribution in [0.2, 0.25) is 4.55 Å². The molecule has 0 spiro atoms. The molecule has 0 heterocycles. The molecule has 0 aromatic heterocycles. The first-order chi connectivity index (χ1) is 5.81.